The lowest BCUT2D eigenvalue weighted by Crippen LogP contribution is -2.16. The molecule has 0 aliphatic rings. The van der Waals surface area contributed by atoms with Gasteiger partial charge in [-0.05, 0) is 77.9 Å². The van der Waals surface area contributed by atoms with Crippen LogP contribution in [0.2, 0.25) is 0 Å². The molecule has 0 aliphatic heterocycles. The van der Waals surface area contributed by atoms with Crippen molar-refractivity contribution in [2.75, 3.05) is 7.11 Å². The van der Waals surface area contributed by atoms with E-state index in [-0.39, 0.29) is 11.9 Å². The predicted molar refractivity (Wildman–Crippen MR) is 125 cm³/mol. The Morgan fingerprint density at radius 2 is 2.10 bits per heavy atom. The summed E-state index contributed by atoms with van der Waals surface area (Å²) in [5.41, 5.74) is 3.92. The number of benzene rings is 2. The van der Waals surface area contributed by atoms with Crippen molar-refractivity contribution in [3.05, 3.63) is 55.8 Å². The molecule has 0 radical (unpaired) electrons. The number of hydrogen-bond acceptors (Lipinski definition) is 5. The minimum atomic E-state index is -0.423. The molecule has 0 unspecified atom stereocenters. The van der Waals surface area contributed by atoms with E-state index in [4.69, 9.17) is 13.9 Å². The summed E-state index contributed by atoms with van der Waals surface area (Å²) in [6.45, 7) is 4.06. The summed E-state index contributed by atoms with van der Waals surface area (Å²) in [4.78, 5) is 12.4. The van der Waals surface area contributed by atoms with E-state index in [1.165, 1.54) is 6.21 Å². The van der Waals surface area contributed by atoms with Gasteiger partial charge in [0.05, 0.1) is 23.0 Å². The number of rotatable bonds is 7. The molecule has 3 aromatic rings. The molecule has 0 fully saturated rings. The van der Waals surface area contributed by atoms with Crippen LogP contribution in [0, 0.1) is 3.57 Å². The monoisotopic (exact) mass is 570 g/mol. The lowest BCUT2D eigenvalue weighted by atomic mass is 10.2. The van der Waals surface area contributed by atoms with Crippen LogP contribution >= 0.6 is 38.5 Å². The minimum Gasteiger partial charge on any atom is -0.493 e. The van der Waals surface area contributed by atoms with E-state index in [1.54, 1.807) is 19.2 Å². The van der Waals surface area contributed by atoms with Crippen LogP contribution < -0.4 is 14.9 Å². The molecule has 1 aromatic heterocycles. The summed E-state index contributed by atoms with van der Waals surface area (Å²) in [5, 5.41) is 4.87. The van der Waals surface area contributed by atoms with Crippen LogP contribution in [0.1, 0.15) is 36.4 Å². The molecule has 1 heterocycles. The summed E-state index contributed by atoms with van der Waals surface area (Å²) in [5.74, 6) is 1.06. The number of fused-ring (bicyclic) bond motifs is 1. The van der Waals surface area contributed by atoms with Gasteiger partial charge in [-0.15, -0.1) is 0 Å². The molecule has 1 amide bonds. The zero-order chi connectivity index (χ0) is 21.0. The lowest BCUT2D eigenvalue weighted by molar-refractivity contribution is 0.0929. The van der Waals surface area contributed by atoms with Gasteiger partial charge < -0.3 is 13.9 Å². The van der Waals surface area contributed by atoms with Gasteiger partial charge >= 0.3 is 5.91 Å². The van der Waals surface area contributed by atoms with Crippen LogP contribution in [-0.2, 0) is 0 Å². The highest BCUT2D eigenvalue weighted by molar-refractivity contribution is 14.1. The first kappa shape index (κ1) is 21.6. The first-order chi connectivity index (χ1) is 13.9. The Morgan fingerprint density at radius 3 is 2.83 bits per heavy atom. The fraction of sp³-hybridized carbons (Fsp3) is 0.238. The highest BCUT2D eigenvalue weighted by atomic mass is 127. The predicted octanol–water partition coefficient (Wildman–Crippen LogP) is 5.75. The third-order valence-corrected chi connectivity index (χ3v) is 5.49. The Labute approximate surface area is 190 Å². The Morgan fingerprint density at radius 1 is 1.31 bits per heavy atom. The van der Waals surface area contributed by atoms with Crippen LogP contribution in [0.3, 0.4) is 0 Å². The maximum Gasteiger partial charge on any atom is 0.307 e. The largest absolute Gasteiger partial charge is 0.493 e. The number of nitrogens with one attached hydrogen (secondary N) is 1. The normalized spacial score (nSPS) is 12.3. The van der Waals surface area contributed by atoms with Crippen LogP contribution in [0.5, 0.6) is 11.5 Å². The summed E-state index contributed by atoms with van der Waals surface area (Å²) >= 11 is 5.61. The molecule has 0 spiro atoms. The third kappa shape index (κ3) is 5.30. The van der Waals surface area contributed by atoms with Crippen LogP contribution in [0.25, 0.3) is 11.0 Å². The van der Waals surface area contributed by atoms with Gasteiger partial charge in [0, 0.05) is 9.86 Å². The quantitative estimate of drug-likeness (QED) is 0.223. The Hall–Kier alpha value is -2.07. The number of hydrogen-bond donors (Lipinski definition) is 1. The van der Waals surface area contributed by atoms with E-state index in [0.717, 1.165) is 25.4 Å². The van der Waals surface area contributed by atoms with Crippen molar-refractivity contribution < 1.29 is 18.7 Å². The molecule has 1 atom stereocenters. The number of amides is 1. The van der Waals surface area contributed by atoms with Gasteiger partial charge in [0.1, 0.15) is 5.58 Å². The van der Waals surface area contributed by atoms with E-state index in [1.807, 2.05) is 31.2 Å². The number of methoxy groups -OCH3 is 1. The molecule has 29 heavy (non-hydrogen) atoms. The molecule has 8 heteroatoms. The van der Waals surface area contributed by atoms with Gasteiger partial charge in [0.2, 0.25) is 0 Å². The molecule has 0 saturated carbocycles. The molecular weight excluding hydrogens is 551 g/mol. The fourth-order valence-corrected chi connectivity index (χ4v) is 4.23. The number of ether oxygens (including phenoxy) is 2. The smallest absolute Gasteiger partial charge is 0.307 e. The maximum absolute atomic E-state index is 12.4. The number of carbonyl (C=O) groups excluding carboxylic acids is 1. The van der Waals surface area contributed by atoms with E-state index < -0.39 is 5.91 Å². The first-order valence-corrected chi connectivity index (χ1v) is 10.8. The van der Waals surface area contributed by atoms with Crippen molar-refractivity contribution in [1.82, 2.24) is 5.43 Å². The lowest BCUT2D eigenvalue weighted by Gasteiger charge is -2.15. The van der Waals surface area contributed by atoms with E-state index in [0.29, 0.717) is 17.1 Å². The molecule has 6 nitrogen and oxygen atoms in total. The van der Waals surface area contributed by atoms with Crippen LogP contribution in [0.4, 0.5) is 0 Å². The molecule has 0 saturated heterocycles. The first-order valence-electron chi connectivity index (χ1n) is 8.98. The van der Waals surface area contributed by atoms with Gasteiger partial charge in [-0.1, -0.05) is 22.9 Å². The summed E-state index contributed by atoms with van der Waals surface area (Å²) in [7, 11) is 1.59. The molecular formula is C21H20BrIN2O4. The second kappa shape index (κ2) is 9.62. The van der Waals surface area contributed by atoms with Gasteiger partial charge in [0.25, 0.3) is 0 Å². The number of nitrogens with zero attached hydrogens (tertiary/aromatic N) is 1. The number of hydrazone groups is 1. The van der Waals surface area contributed by atoms with Crippen molar-refractivity contribution in [2.45, 2.75) is 26.4 Å². The number of halogens is 2. The highest BCUT2D eigenvalue weighted by Crippen LogP contribution is 2.29. The Kier molecular flexibility index (Phi) is 7.18. The summed E-state index contributed by atoms with van der Waals surface area (Å²) in [6.07, 6.45) is 2.53. The zero-order valence-electron chi connectivity index (χ0n) is 16.2. The van der Waals surface area contributed by atoms with Crippen molar-refractivity contribution in [3.63, 3.8) is 0 Å². The maximum atomic E-state index is 12.4. The topological polar surface area (TPSA) is 73.1 Å². The molecule has 0 bridgehead atoms. The molecule has 152 valence electrons. The van der Waals surface area contributed by atoms with E-state index in [9.17, 15) is 4.79 Å². The molecule has 3 rings (SSSR count). The van der Waals surface area contributed by atoms with Crippen molar-refractivity contribution in [1.29, 1.82) is 0 Å². The van der Waals surface area contributed by atoms with Crippen molar-refractivity contribution in [2.24, 2.45) is 5.10 Å². The molecule has 2 aromatic carbocycles. The van der Waals surface area contributed by atoms with E-state index in [2.05, 4.69) is 56.0 Å². The zero-order valence-corrected chi connectivity index (χ0v) is 19.9. The second-order valence-electron chi connectivity index (χ2n) is 6.36. The minimum absolute atomic E-state index is 0.0928. The summed E-state index contributed by atoms with van der Waals surface area (Å²) in [6, 6.07) is 11.0. The van der Waals surface area contributed by atoms with E-state index >= 15 is 0 Å². The van der Waals surface area contributed by atoms with Gasteiger partial charge in [0.15, 0.2) is 17.3 Å². The average Bonchev–Trinajstić information content (AvgIpc) is 3.13. The standard InChI is InChI=1S/C21H20BrIN2O4/c1-4-12(2)28-17-6-5-13(7-18(17)27-3)11-24-25-21(26)19-9-14-8-15(22)10-16(23)20(14)29-19/h5-12H,4H2,1-3H3,(H,25,26)/b24-11-/t12-/m0/s1. The van der Waals surface area contributed by atoms with Gasteiger partial charge in [-0.2, -0.15) is 5.10 Å². The second-order valence-corrected chi connectivity index (χ2v) is 8.44. The Balaban J connectivity index is 1.70. The number of carbonyl (C=O) groups is 1. The SMILES string of the molecule is CC[C@H](C)Oc1ccc(/C=N\NC(=O)c2cc3cc(Br)cc(I)c3o2)cc1OC. The average molecular weight is 571 g/mol. The highest BCUT2D eigenvalue weighted by Gasteiger charge is 2.14. The van der Waals surface area contributed by atoms with Crippen molar-refractivity contribution in [3.8, 4) is 11.5 Å². The fourth-order valence-electron chi connectivity index (χ4n) is 2.57. The summed E-state index contributed by atoms with van der Waals surface area (Å²) < 4.78 is 18.7. The number of furan rings is 1. The van der Waals surface area contributed by atoms with Gasteiger partial charge in [-0.25, -0.2) is 5.43 Å². The Bertz CT molecular complexity index is 1060. The molecule has 1 N–H and O–H groups in total. The van der Waals surface area contributed by atoms with Crippen molar-refractivity contribution >= 4 is 61.6 Å². The third-order valence-electron chi connectivity index (χ3n) is 4.23. The van der Waals surface area contributed by atoms with Crippen LogP contribution in [-0.4, -0.2) is 25.3 Å². The molecule has 0 aliphatic carbocycles. The van der Waals surface area contributed by atoms with Crippen LogP contribution in [0.15, 0.2) is 50.4 Å². The van der Waals surface area contributed by atoms with Gasteiger partial charge in [-0.3, -0.25) is 4.79 Å².